The number of halogens is 2. The van der Waals surface area contributed by atoms with Crippen molar-refractivity contribution in [2.75, 3.05) is 19.0 Å². The number of ether oxygens (including phenoxy) is 2. The second kappa shape index (κ2) is 9.84. The predicted molar refractivity (Wildman–Crippen MR) is 119 cm³/mol. The molecule has 0 spiro atoms. The van der Waals surface area contributed by atoms with Gasteiger partial charge in [-0.25, -0.2) is 13.8 Å². The molecule has 0 aliphatic carbocycles. The second-order valence-electron chi connectivity index (χ2n) is 6.65. The number of aromatic nitrogens is 1. The van der Waals surface area contributed by atoms with Gasteiger partial charge in [0.15, 0.2) is 23.1 Å². The fourth-order valence-electron chi connectivity index (χ4n) is 2.94. The highest BCUT2D eigenvalue weighted by Crippen LogP contribution is 2.32. The monoisotopic (exact) mass is 423 g/mol. The SMILES string of the molecule is C=C(N=C(Nc1ccc(F)c(F)c1)c1cc(OCC)c(OC)cc1C)c1cccnc1. The lowest BCUT2D eigenvalue weighted by Crippen LogP contribution is -2.16. The largest absolute Gasteiger partial charge is 0.493 e. The molecule has 0 fully saturated rings. The summed E-state index contributed by atoms with van der Waals surface area (Å²) in [7, 11) is 1.57. The summed E-state index contributed by atoms with van der Waals surface area (Å²) in [5, 5.41) is 3.08. The molecule has 0 atom stereocenters. The fraction of sp³-hybridized carbons (Fsp3) is 0.167. The molecular formula is C24H23F2N3O2. The van der Waals surface area contributed by atoms with E-state index in [0.29, 0.717) is 40.9 Å². The lowest BCUT2D eigenvalue weighted by molar-refractivity contribution is 0.310. The van der Waals surface area contributed by atoms with Crippen LogP contribution in [0.3, 0.4) is 0 Å². The number of benzene rings is 2. The van der Waals surface area contributed by atoms with Crippen LogP contribution in [0.15, 0.2) is 66.4 Å². The molecule has 0 saturated carbocycles. The Morgan fingerprint density at radius 2 is 1.94 bits per heavy atom. The molecule has 1 heterocycles. The summed E-state index contributed by atoms with van der Waals surface area (Å²) in [5.41, 5.74) is 3.05. The molecule has 0 unspecified atom stereocenters. The average molecular weight is 423 g/mol. The lowest BCUT2D eigenvalue weighted by atomic mass is 10.1. The number of methoxy groups -OCH3 is 1. The lowest BCUT2D eigenvalue weighted by Gasteiger charge is -2.17. The normalized spacial score (nSPS) is 11.2. The van der Waals surface area contributed by atoms with E-state index in [-0.39, 0.29) is 0 Å². The third-order valence-electron chi connectivity index (χ3n) is 4.49. The summed E-state index contributed by atoms with van der Waals surface area (Å²) in [6.45, 7) is 8.24. The molecule has 7 heteroatoms. The standard InChI is InChI=1S/C24H23F2N3O2/c1-5-31-23-13-19(15(2)11-22(23)30-4)24(28-16(3)17-7-6-10-27-14-17)29-18-8-9-20(25)21(26)12-18/h6-14H,3,5H2,1-2,4H3,(H,28,29). The van der Waals surface area contributed by atoms with Gasteiger partial charge in [-0.1, -0.05) is 6.58 Å². The van der Waals surface area contributed by atoms with Gasteiger partial charge in [-0.2, -0.15) is 0 Å². The summed E-state index contributed by atoms with van der Waals surface area (Å²) in [6.07, 6.45) is 3.30. The van der Waals surface area contributed by atoms with E-state index in [1.165, 1.54) is 6.07 Å². The van der Waals surface area contributed by atoms with E-state index in [9.17, 15) is 8.78 Å². The van der Waals surface area contributed by atoms with Gasteiger partial charge >= 0.3 is 0 Å². The van der Waals surface area contributed by atoms with E-state index in [1.54, 1.807) is 31.6 Å². The molecule has 2 aromatic carbocycles. The smallest absolute Gasteiger partial charge is 0.161 e. The molecular weight excluding hydrogens is 400 g/mol. The predicted octanol–water partition coefficient (Wildman–Crippen LogP) is 5.61. The Bertz CT molecular complexity index is 1120. The summed E-state index contributed by atoms with van der Waals surface area (Å²) >= 11 is 0. The molecule has 160 valence electrons. The highest BCUT2D eigenvalue weighted by molar-refractivity contribution is 6.11. The van der Waals surface area contributed by atoms with Gasteiger partial charge in [0.25, 0.3) is 0 Å². The third-order valence-corrected chi connectivity index (χ3v) is 4.49. The Morgan fingerprint density at radius 3 is 2.58 bits per heavy atom. The van der Waals surface area contributed by atoms with E-state index in [0.717, 1.165) is 23.3 Å². The highest BCUT2D eigenvalue weighted by Gasteiger charge is 2.16. The van der Waals surface area contributed by atoms with Gasteiger partial charge in [0.1, 0.15) is 5.84 Å². The zero-order valence-electron chi connectivity index (χ0n) is 17.6. The summed E-state index contributed by atoms with van der Waals surface area (Å²) in [4.78, 5) is 8.73. The van der Waals surface area contributed by atoms with Gasteiger partial charge in [0.2, 0.25) is 0 Å². The molecule has 3 aromatic rings. The molecule has 5 nitrogen and oxygen atoms in total. The Hall–Kier alpha value is -3.74. The van der Waals surface area contributed by atoms with Crippen molar-refractivity contribution in [1.82, 2.24) is 4.98 Å². The molecule has 31 heavy (non-hydrogen) atoms. The molecule has 0 amide bonds. The third kappa shape index (κ3) is 5.25. The van der Waals surface area contributed by atoms with Crippen molar-refractivity contribution in [1.29, 1.82) is 0 Å². The van der Waals surface area contributed by atoms with Crippen LogP contribution in [0.5, 0.6) is 11.5 Å². The van der Waals surface area contributed by atoms with Crippen molar-refractivity contribution in [3.8, 4) is 11.5 Å². The van der Waals surface area contributed by atoms with E-state index in [1.807, 2.05) is 26.0 Å². The van der Waals surface area contributed by atoms with Crippen molar-refractivity contribution >= 4 is 17.2 Å². The van der Waals surface area contributed by atoms with Gasteiger partial charge in [0, 0.05) is 35.3 Å². The molecule has 0 aliphatic rings. The maximum atomic E-state index is 13.8. The summed E-state index contributed by atoms with van der Waals surface area (Å²) in [5.74, 6) is -0.375. The van der Waals surface area contributed by atoms with Crippen molar-refractivity contribution in [2.45, 2.75) is 13.8 Å². The number of nitrogens with one attached hydrogen (secondary N) is 1. The first-order chi connectivity index (χ1) is 14.9. The molecule has 1 N–H and O–H groups in total. The maximum Gasteiger partial charge on any atom is 0.161 e. The van der Waals surface area contributed by atoms with E-state index in [4.69, 9.17) is 9.47 Å². The number of amidine groups is 1. The first kappa shape index (κ1) is 22.0. The highest BCUT2D eigenvalue weighted by atomic mass is 19.2. The number of nitrogens with zero attached hydrogens (tertiary/aromatic N) is 2. The molecule has 0 bridgehead atoms. The van der Waals surface area contributed by atoms with Crippen LogP contribution in [-0.2, 0) is 0 Å². The Kier molecular flexibility index (Phi) is 6.97. The van der Waals surface area contributed by atoms with Crippen molar-refractivity contribution in [2.24, 2.45) is 4.99 Å². The van der Waals surface area contributed by atoms with Gasteiger partial charge < -0.3 is 14.8 Å². The maximum absolute atomic E-state index is 13.8. The minimum atomic E-state index is -0.961. The Balaban J connectivity index is 2.11. The van der Waals surface area contributed by atoms with Crippen LogP contribution in [0.25, 0.3) is 5.70 Å². The van der Waals surface area contributed by atoms with Crippen LogP contribution in [0.4, 0.5) is 14.5 Å². The molecule has 0 saturated heterocycles. The number of hydrogen-bond donors (Lipinski definition) is 1. The number of pyridine rings is 1. The second-order valence-corrected chi connectivity index (χ2v) is 6.65. The number of aliphatic imine (C=N–C) groups is 1. The minimum absolute atomic E-state index is 0.338. The minimum Gasteiger partial charge on any atom is -0.493 e. The Morgan fingerprint density at radius 1 is 1.13 bits per heavy atom. The van der Waals surface area contributed by atoms with E-state index < -0.39 is 11.6 Å². The van der Waals surface area contributed by atoms with Crippen molar-refractivity contribution in [3.05, 3.63) is 89.8 Å². The number of anilines is 1. The van der Waals surface area contributed by atoms with Crippen molar-refractivity contribution in [3.63, 3.8) is 0 Å². The van der Waals surface area contributed by atoms with Crippen LogP contribution in [-0.4, -0.2) is 24.5 Å². The molecule has 0 radical (unpaired) electrons. The number of aryl methyl sites for hydroxylation is 1. The van der Waals surface area contributed by atoms with Crippen LogP contribution in [0.2, 0.25) is 0 Å². The topological polar surface area (TPSA) is 55.7 Å². The van der Waals surface area contributed by atoms with Crippen LogP contribution in [0, 0.1) is 18.6 Å². The Labute approximate surface area is 180 Å². The summed E-state index contributed by atoms with van der Waals surface area (Å²) in [6, 6.07) is 10.8. The van der Waals surface area contributed by atoms with Crippen LogP contribution < -0.4 is 14.8 Å². The zero-order chi connectivity index (χ0) is 22.4. The fourth-order valence-corrected chi connectivity index (χ4v) is 2.94. The van der Waals surface area contributed by atoms with Crippen molar-refractivity contribution < 1.29 is 18.3 Å². The van der Waals surface area contributed by atoms with E-state index >= 15 is 0 Å². The van der Waals surface area contributed by atoms with Gasteiger partial charge in [0.05, 0.1) is 19.4 Å². The number of rotatable bonds is 7. The van der Waals surface area contributed by atoms with Crippen LogP contribution in [0.1, 0.15) is 23.6 Å². The zero-order valence-corrected chi connectivity index (χ0v) is 17.6. The summed E-state index contributed by atoms with van der Waals surface area (Å²) < 4.78 is 38.3. The van der Waals surface area contributed by atoms with E-state index in [2.05, 4.69) is 21.9 Å². The van der Waals surface area contributed by atoms with Gasteiger partial charge in [-0.15, -0.1) is 0 Å². The van der Waals surface area contributed by atoms with Crippen LogP contribution >= 0.6 is 0 Å². The number of hydrogen-bond acceptors (Lipinski definition) is 4. The molecule has 1 aromatic heterocycles. The van der Waals surface area contributed by atoms with Gasteiger partial charge in [-0.3, -0.25) is 4.98 Å². The molecule has 0 aliphatic heterocycles. The quantitative estimate of drug-likeness (QED) is 0.397. The first-order valence-corrected chi connectivity index (χ1v) is 9.64. The van der Waals surface area contributed by atoms with Gasteiger partial charge in [-0.05, 0) is 55.8 Å². The average Bonchev–Trinajstić information content (AvgIpc) is 2.77. The first-order valence-electron chi connectivity index (χ1n) is 9.64. The molecule has 3 rings (SSSR count).